The number of fused-ring (bicyclic) bond motifs is 3. The molecule has 1 atom stereocenters. The summed E-state index contributed by atoms with van der Waals surface area (Å²) in [4.78, 5) is 36.4. The normalized spacial score (nSPS) is 21.9. The van der Waals surface area contributed by atoms with Gasteiger partial charge in [0.25, 0.3) is 0 Å². The summed E-state index contributed by atoms with van der Waals surface area (Å²) < 4.78 is 5.61. The van der Waals surface area contributed by atoms with Crippen LogP contribution in [0.3, 0.4) is 0 Å². The van der Waals surface area contributed by atoms with Gasteiger partial charge in [-0.25, -0.2) is 9.59 Å². The van der Waals surface area contributed by atoms with Crippen LogP contribution in [0.5, 0.6) is 0 Å². The van der Waals surface area contributed by atoms with E-state index in [0.717, 1.165) is 25.7 Å². The van der Waals surface area contributed by atoms with E-state index >= 15 is 0 Å². The van der Waals surface area contributed by atoms with Gasteiger partial charge in [0.2, 0.25) is 5.91 Å². The second-order valence-corrected chi connectivity index (χ2v) is 10.1. The standard InChI is InChI=1S/C28H32N2O5/c31-26(30-25(27(32)33)18-13-14-18)19-11-9-17(10-12-19)15-29-28(34)35-16-24-22-7-3-1-5-20(22)21-6-2-4-8-23(21)24/h1-8,17-19,24-25H,9-16H2,(H,29,34)(H,30,31)(H,32,33). The predicted molar refractivity (Wildman–Crippen MR) is 131 cm³/mol. The Morgan fingerprint density at radius 1 is 0.886 bits per heavy atom. The van der Waals surface area contributed by atoms with Gasteiger partial charge in [0, 0.05) is 18.4 Å². The lowest BCUT2D eigenvalue weighted by atomic mass is 9.81. The molecule has 0 spiro atoms. The van der Waals surface area contributed by atoms with Crippen LogP contribution in [0.25, 0.3) is 11.1 Å². The minimum Gasteiger partial charge on any atom is -0.480 e. The molecular weight excluding hydrogens is 444 g/mol. The van der Waals surface area contributed by atoms with Crippen molar-refractivity contribution in [3.05, 3.63) is 59.7 Å². The van der Waals surface area contributed by atoms with E-state index in [2.05, 4.69) is 34.9 Å². The third-order valence-corrected chi connectivity index (χ3v) is 7.75. The molecule has 2 saturated carbocycles. The zero-order chi connectivity index (χ0) is 24.4. The summed E-state index contributed by atoms with van der Waals surface area (Å²) in [5, 5.41) is 15.0. The van der Waals surface area contributed by atoms with E-state index < -0.39 is 18.1 Å². The number of benzene rings is 2. The Labute approximate surface area is 205 Å². The van der Waals surface area contributed by atoms with Gasteiger partial charge in [-0.1, -0.05) is 48.5 Å². The fourth-order valence-electron chi connectivity index (χ4n) is 5.59. The molecule has 35 heavy (non-hydrogen) atoms. The Balaban J connectivity index is 1.06. The third kappa shape index (κ3) is 5.19. The number of hydrogen-bond acceptors (Lipinski definition) is 4. The summed E-state index contributed by atoms with van der Waals surface area (Å²) >= 11 is 0. The van der Waals surface area contributed by atoms with Crippen LogP contribution in [0, 0.1) is 17.8 Å². The van der Waals surface area contributed by atoms with Gasteiger partial charge in [0.05, 0.1) is 0 Å². The minimum absolute atomic E-state index is 0.0346. The fourth-order valence-corrected chi connectivity index (χ4v) is 5.59. The van der Waals surface area contributed by atoms with Crippen LogP contribution in [0.15, 0.2) is 48.5 Å². The number of carbonyl (C=O) groups excluding carboxylic acids is 2. The van der Waals surface area contributed by atoms with Crippen LogP contribution < -0.4 is 10.6 Å². The topological polar surface area (TPSA) is 105 Å². The van der Waals surface area contributed by atoms with E-state index in [1.807, 2.05) is 24.3 Å². The Bertz CT molecular complexity index is 1060. The molecule has 2 fully saturated rings. The molecule has 2 aromatic carbocycles. The number of carboxylic acid groups (broad SMARTS) is 1. The molecule has 5 rings (SSSR count). The molecule has 3 aliphatic rings. The second kappa shape index (κ2) is 10.1. The van der Waals surface area contributed by atoms with Crippen molar-refractivity contribution in [1.29, 1.82) is 0 Å². The Hall–Kier alpha value is -3.35. The summed E-state index contributed by atoms with van der Waals surface area (Å²) in [5.41, 5.74) is 4.77. The SMILES string of the molecule is O=C(NCC1CCC(C(=O)NC(C(=O)O)C2CC2)CC1)OCC1c2ccccc2-c2ccccc21. The van der Waals surface area contributed by atoms with Gasteiger partial charge in [-0.2, -0.15) is 0 Å². The molecule has 0 radical (unpaired) electrons. The highest BCUT2D eigenvalue weighted by molar-refractivity contribution is 5.85. The van der Waals surface area contributed by atoms with Crippen molar-refractivity contribution in [2.75, 3.05) is 13.2 Å². The largest absolute Gasteiger partial charge is 0.480 e. The Morgan fingerprint density at radius 3 is 2.06 bits per heavy atom. The van der Waals surface area contributed by atoms with Crippen LogP contribution in [0.2, 0.25) is 0 Å². The summed E-state index contributed by atoms with van der Waals surface area (Å²) in [6.07, 6.45) is 4.38. The van der Waals surface area contributed by atoms with Gasteiger partial charge in [0.15, 0.2) is 0 Å². The maximum atomic E-state index is 12.5. The smallest absolute Gasteiger partial charge is 0.407 e. The number of rotatable bonds is 8. The number of amides is 2. The van der Waals surface area contributed by atoms with Crippen LogP contribution in [-0.2, 0) is 14.3 Å². The molecule has 2 aromatic rings. The van der Waals surface area contributed by atoms with Gasteiger partial charge in [0.1, 0.15) is 12.6 Å². The zero-order valence-corrected chi connectivity index (χ0v) is 19.7. The highest BCUT2D eigenvalue weighted by Crippen LogP contribution is 2.44. The molecule has 3 N–H and O–H groups in total. The van der Waals surface area contributed by atoms with E-state index in [1.165, 1.54) is 22.3 Å². The van der Waals surface area contributed by atoms with Crippen LogP contribution in [0.4, 0.5) is 4.79 Å². The Kier molecular flexibility index (Phi) is 6.75. The van der Waals surface area contributed by atoms with Crippen molar-refractivity contribution in [3.63, 3.8) is 0 Å². The van der Waals surface area contributed by atoms with Crippen molar-refractivity contribution >= 4 is 18.0 Å². The van der Waals surface area contributed by atoms with Crippen LogP contribution >= 0.6 is 0 Å². The maximum absolute atomic E-state index is 12.5. The summed E-state index contributed by atoms with van der Waals surface area (Å²) in [7, 11) is 0. The molecule has 0 bridgehead atoms. The van der Waals surface area contributed by atoms with Crippen LogP contribution in [0.1, 0.15) is 55.6 Å². The predicted octanol–water partition coefficient (Wildman–Crippen LogP) is 4.31. The average Bonchev–Trinajstić information content (AvgIpc) is 3.67. The molecule has 0 aliphatic heterocycles. The molecule has 3 aliphatic carbocycles. The van der Waals surface area contributed by atoms with Gasteiger partial charge in [-0.15, -0.1) is 0 Å². The minimum atomic E-state index is -0.943. The van der Waals surface area contributed by atoms with Crippen molar-refractivity contribution in [1.82, 2.24) is 10.6 Å². The fraction of sp³-hybridized carbons (Fsp3) is 0.464. The first-order chi connectivity index (χ1) is 17.0. The number of carboxylic acids is 1. The summed E-state index contributed by atoms with van der Waals surface area (Å²) in [5.74, 6) is -0.838. The van der Waals surface area contributed by atoms with E-state index in [0.29, 0.717) is 31.9 Å². The number of alkyl carbamates (subject to hydrolysis) is 1. The Morgan fingerprint density at radius 2 is 1.49 bits per heavy atom. The van der Waals surface area contributed by atoms with Crippen molar-refractivity contribution in [3.8, 4) is 11.1 Å². The monoisotopic (exact) mass is 476 g/mol. The van der Waals surface area contributed by atoms with Crippen molar-refractivity contribution in [2.24, 2.45) is 17.8 Å². The molecular formula is C28H32N2O5. The molecule has 1 unspecified atom stereocenters. The lowest BCUT2D eigenvalue weighted by molar-refractivity contribution is -0.143. The molecule has 7 heteroatoms. The maximum Gasteiger partial charge on any atom is 0.407 e. The van der Waals surface area contributed by atoms with Gasteiger partial charge in [-0.05, 0) is 72.6 Å². The van der Waals surface area contributed by atoms with E-state index in [-0.39, 0.29) is 23.7 Å². The average molecular weight is 477 g/mol. The second-order valence-electron chi connectivity index (χ2n) is 10.1. The number of ether oxygens (including phenoxy) is 1. The summed E-state index contributed by atoms with van der Waals surface area (Å²) in [6.45, 7) is 0.809. The van der Waals surface area contributed by atoms with Gasteiger partial charge < -0.3 is 20.5 Å². The number of aliphatic carboxylic acids is 1. The van der Waals surface area contributed by atoms with E-state index in [4.69, 9.17) is 4.74 Å². The number of nitrogens with one attached hydrogen (secondary N) is 2. The number of carbonyl (C=O) groups is 3. The quantitative estimate of drug-likeness (QED) is 0.527. The first kappa shape index (κ1) is 23.4. The lowest BCUT2D eigenvalue weighted by Gasteiger charge is -2.28. The highest BCUT2D eigenvalue weighted by Gasteiger charge is 2.39. The van der Waals surface area contributed by atoms with Gasteiger partial charge in [-0.3, -0.25) is 4.79 Å². The molecule has 2 amide bonds. The zero-order valence-electron chi connectivity index (χ0n) is 19.7. The van der Waals surface area contributed by atoms with E-state index in [9.17, 15) is 19.5 Å². The first-order valence-corrected chi connectivity index (χ1v) is 12.6. The molecule has 0 heterocycles. The third-order valence-electron chi connectivity index (χ3n) is 7.75. The highest BCUT2D eigenvalue weighted by atomic mass is 16.5. The molecule has 7 nitrogen and oxygen atoms in total. The van der Waals surface area contributed by atoms with Gasteiger partial charge >= 0.3 is 12.1 Å². The summed E-state index contributed by atoms with van der Waals surface area (Å²) in [6, 6.07) is 15.7. The first-order valence-electron chi connectivity index (χ1n) is 12.6. The van der Waals surface area contributed by atoms with Crippen molar-refractivity contribution in [2.45, 2.75) is 50.5 Å². The lowest BCUT2D eigenvalue weighted by Crippen LogP contribution is -2.46. The van der Waals surface area contributed by atoms with Crippen LogP contribution in [-0.4, -0.2) is 42.3 Å². The molecule has 184 valence electrons. The number of hydrogen-bond donors (Lipinski definition) is 3. The van der Waals surface area contributed by atoms with E-state index in [1.54, 1.807) is 0 Å². The van der Waals surface area contributed by atoms with Crippen molar-refractivity contribution < 1.29 is 24.2 Å². The molecule has 0 saturated heterocycles. The molecule has 0 aromatic heterocycles.